The van der Waals surface area contributed by atoms with Gasteiger partial charge in [0, 0.05) is 10.6 Å². The molecular weight excluding hydrogens is 401 g/mol. The Bertz CT molecular complexity index is 615. The molecule has 2 aromatic rings. The number of aromatic nitrogens is 2. The smallest absolute Gasteiger partial charge is 0.161 e. The van der Waals surface area contributed by atoms with Gasteiger partial charge in [0.1, 0.15) is 5.69 Å². The number of hydrogen-bond acceptors (Lipinski definition) is 3. The lowest BCUT2D eigenvalue weighted by atomic mass is 10.0. The van der Waals surface area contributed by atoms with E-state index in [9.17, 15) is 0 Å². The van der Waals surface area contributed by atoms with Crippen LogP contribution in [0, 0.1) is 3.57 Å². The third-order valence-electron chi connectivity index (χ3n) is 3.32. The number of hydrogen-bond donors (Lipinski definition) is 1. The monoisotopic (exact) mass is 419 g/mol. The third-order valence-corrected chi connectivity index (χ3v) is 4.89. The van der Waals surface area contributed by atoms with E-state index in [0.717, 1.165) is 38.6 Å². The molecule has 0 fully saturated rings. The Hall–Kier alpha value is -0.790. The summed E-state index contributed by atoms with van der Waals surface area (Å²) < 4.78 is 8.34. The van der Waals surface area contributed by atoms with Crippen LogP contribution < -0.4 is 10.1 Å². The molecule has 0 aliphatic rings. The molecule has 0 aliphatic heterocycles. The van der Waals surface area contributed by atoms with Crippen molar-refractivity contribution < 1.29 is 4.74 Å². The zero-order chi connectivity index (χ0) is 15.4. The SMILES string of the molecule is CCCNC(c1ccc(I)c(Cl)c1)c1c(OC)cnn1C. The number of ether oxygens (including phenoxy) is 1. The van der Waals surface area contributed by atoms with Gasteiger partial charge in [-0.3, -0.25) is 4.68 Å². The molecule has 0 spiro atoms. The maximum absolute atomic E-state index is 6.28. The summed E-state index contributed by atoms with van der Waals surface area (Å²) in [6, 6.07) is 6.12. The average Bonchev–Trinajstić information content (AvgIpc) is 2.84. The number of halogens is 2. The molecule has 6 heteroatoms. The highest BCUT2D eigenvalue weighted by atomic mass is 127. The highest BCUT2D eigenvalue weighted by Crippen LogP contribution is 2.32. The van der Waals surface area contributed by atoms with Gasteiger partial charge in [0.25, 0.3) is 0 Å². The molecule has 114 valence electrons. The van der Waals surface area contributed by atoms with Crippen molar-refractivity contribution in [3.63, 3.8) is 0 Å². The van der Waals surface area contributed by atoms with E-state index in [4.69, 9.17) is 16.3 Å². The van der Waals surface area contributed by atoms with Crippen LogP contribution >= 0.6 is 34.2 Å². The molecule has 1 heterocycles. The molecule has 0 saturated heterocycles. The van der Waals surface area contributed by atoms with Crippen LogP contribution in [-0.2, 0) is 7.05 Å². The number of aryl methyl sites for hydroxylation is 1. The first kappa shape index (κ1) is 16.6. The highest BCUT2D eigenvalue weighted by molar-refractivity contribution is 14.1. The zero-order valence-corrected chi connectivity index (χ0v) is 15.3. The molecule has 1 aromatic heterocycles. The van der Waals surface area contributed by atoms with Crippen LogP contribution in [0.4, 0.5) is 0 Å². The van der Waals surface area contributed by atoms with Gasteiger partial charge < -0.3 is 10.1 Å². The summed E-state index contributed by atoms with van der Waals surface area (Å²) in [6.07, 6.45) is 2.79. The Morgan fingerprint density at radius 1 is 1.48 bits per heavy atom. The van der Waals surface area contributed by atoms with Gasteiger partial charge >= 0.3 is 0 Å². The predicted molar refractivity (Wildman–Crippen MR) is 94.1 cm³/mol. The summed E-state index contributed by atoms with van der Waals surface area (Å²) in [4.78, 5) is 0. The summed E-state index contributed by atoms with van der Waals surface area (Å²) in [5.41, 5.74) is 2.11. The van der Waals surface area contributed by atoms with Gasteiger partial charge in [0.2, 0.25) is 0 Å². The molecular formula is C15H19ClIN3O. The van der Waals surface area contributed by atoms with Crippen LogP contribution in [-0.4, -0.2) is 23.4 Å². The number of nitrogens with one attached hydrogen (secondary N) is 1. The molecule has 1 N–H and O–H groups in total. The van der Waals surface area contributed by atoms with Gasteiger partial charge in [-0.1, -0.05) is 24.6 Å². The Balaban J connectivity index is 2.46. The van der Waals surface area contributed by atoms with Gasteiger partial charge in [-0.2, -0.15) is 5.10 Å². The summed E-state index contributed by atoms with van der Waals surface area (Å²) in [6.45, 7) is 3.05. The summed E-state index contributed by atoms with van der Waals surface area (Å²) >= 11 is 8.51. The molecule has 0 bridgehead atoms. The standard InChI is InChI=1S/C15H19ClIN3O/c1-4-7-18-14(10-5-6-12(17)11(16)8-10)15-13(21-3)9-19-20(15)2/h5-6,8-9,14,18H,4,7H2,1-3H3. The molecule has 0 amide bonds. The van der Waals surface area contributed by atoms with E-state index in [1.165, 1.54) is 0 Å². The van der Waals surface area contributed by atoms with Crippen molar-refractivity contribution >= 4 is 34.2 Å². The van der Waals surface area contributed by atoms with Crippen molar-refractivity contribution in [2.75, 3.05) is 13.7 Å². The second-order valence-electron chi connectivity index (χ2n) is 4.78. The Kier molecular flexibility index (Phi) is 5.89. The van der Waals surface area contributed by atoms with E-state index in [0.29, 0.717) is 0 Å². The predicted octanol–water partition coefficient (Wildman–Crippen LogP) is 3.78. The van der Waals surface area contributed by atoms with Crippen LogP contribution in [0.15, 0.2) is 24.4 Å². The fraction of sp³-hybridized carbons (Fsp3) is 0.400. The van der Waals surface area contributed by atoms with E-state index in [1.54, 1.807) is 13.3 Å². The third kappa shape index (κ3) is 3.70. The molecule has 4 nitrogen and oxygen atoms in total. The minimum absolute atomic E-state index is 0.00176. The maximum atomic E-state index is 6.28. The van der Waals surface area contributed by atoms with E-state index < -0.39 is 0 Å². The highest BCUT2D eigenvalue weighted by Gasteiger charge is 2.22. The van der Waals surface area contributed by atoms with E-state index >= 15 is 0 Å². The van der Waals surface area contributed by atoms with Crippen LogP contribution in [0.5, 0.6) is 5.75 Å². The van der Waals surface area contributed by atoms with Crippen molar-refractivity contribution in [1.82, 2.24) is 15.1 Å². The molecule has 0 radical (unpaired) electrons. The molecule has 1 aromatic carbocycles. The van der Waals surface area contributed by atoms with Crippen LogP contribution in [0.2, 0.25) is 5.02 Å². The first-order valence-corrected chi connectivity index (χ1v) is 8.28. The minimum atomic E-state index is 0.00176. The largest absolute Gasteiger partial charge is 0.493 e. The zero-order valence-electron chi connectivity index (χ0n) is 12.4. The Morgan fingerprint density at radius 2 is 2.24 bits per heavy atom. The summed E-state index contributed by atoms with van der Waals surface area (Å²) in [5.74, 6) is 0.778. The van der Waals surface area contributed by atoms with Crippen molar-refractivity contribution in [3.05, 3.63) is 44.2 Å². The van der Waals surface area contributed by atoms with Crippen LogP contribution in [0.3, 0.4) is 0 Å². The summed E-state index contributed by atoms with van der Waals surface area (Å²) in [5, 5.41) is 8.61. The molecule has 0 aliphatic carbocycles. The quantitative estimate of drug-likeness (QED) is 0.724. The lowest BCUT2D eigenvalue weighted by Gasteiger charge is -2.21. The first-order valence-electron chi connectivity index (χ1n) is 6.82. The summed E-state index contributed by atoms with van der Waals surface area (Å²) in [7, 11) is 3.59. The van der Waals surface area contributed by atoms with E-state index in [1.807, 2.05) is 23.9 Å². The number of nitrogens with zero attached hydrogens (tertiary/aromatic N) is 2. The van der Waals surface area contributed by atoms with Crippen LogP contribution in [0.1, 0.15) is 30.6 Å². The van der Waals surface area contributed by atoms with Crippen molar-refractivity contribution in [3.8, 4) is 5.75 Å². The topological polar surface area (TPSA) is 39.1 Å². The fourth-order valence-electron chi connectivity index (χ4n) is 2.27. The normalized spacial score (nSPS) is 12.4. The molecule has 0 saturated carbocycles. The molecule has 1 unspecified atom stereocenters. The lowest BCUT2D eigenvalue weighted by Crippen LogP contribution is -2.25. The number of rotatable bonds is 6. The Labute approximate surface area is 144 Å². The van der Waals surface area contributed by atoms with Crippen molar-refractivity contribution in [2.24, 2.45) is 7.05 Å². The van der Waals surface area contributed by atoms with Gasteiger partial charge in [-0.25, -0.2) is 0 Å². The number of methoxy groups -OCH3 is 1. The fourth-order valence-corrected chi connectivity index (χ4v) is 2.79. The Morgan fingerprint density at radius 3 is 2.86 bits per heavy atom. The second kappa shape index (κ2) is 7.47. The van der Waals surface area contributed by atoms with Gasteiger partial charge in [0.05, 0.1) is 24.4 Å². The minimum Gasteiger partial charge on any atom is -0.493 e. The van der Waals surface area contributed by atoms with Gasteiger partial charge in [-0.15, -0.1) is 0 Å². The molecule has 1 atom stereocenters. The van der Waals surface area contributed by atoms with Crippen molar-refractivity contribution in [2.45, 2.75) is 19.4 Å². The van der Waals surface area contributed by atoms with Crippen molar-refractivity contribution in [1.29, 1.82) is 0 Å². The maximum Gasteiger partial charge on any atom is 0.161 e. The van der Waals surface area contributed by atoms with E-state index in [2.05, 4.69) is 46.0 Å². The second-order valence-corrected chi connectivity index (χ2v) is 6.35. The van der Waals surface area contributed by atoms with Crippen LogP contribution in [0.25, 0.3) is 0 Å². The molecule has 21 heavy (non-hydrogen) atoms. The number of benzene rings is 1. The van der Waals surface area contributed by atoms with Gasteiger partial charge in [-0.05, 0) is 53.3 Å². The molecule has 2 rings (SSSR count). The van der Waals surface area contributed by atoms with E-state index in [-0.39, 0.29) is 6.04 Å². The lowest BCUT2D eigenvalue weighted by molar-refractivity contribution is 0.400. The average molecular weight is 420 g/mol. The van der Waals surface area contributed by atoms with Gasteiger partial charge in [0.15, 0.2) is 5.75 Å². The first-order chi connectivity index (χ1) is 10.1.